The van der Waals surface area contributed by atoms with Gasteiger partial charge in [0.2, 0.25) is 5.82 Å². The average molecular weight is 258 g/mol. The summed E-state index contributed by atoms with van der Waals surface area (Å²) in [5, 5.41) is 12.1. The third kappa shape index (κ3) is 3.85. The fourth-order valence-electron chi connectivity index (χ4n) is 0.797. The fourth-order valence-corrected chi connectivity index (χ4v) is 1.30. The lowest BCUT2D eigenvalue weighted by Crippen LogP contribution is -2.32. The van der Waals surface area contributed by atoms with Crippen LogP contribution in [0.25, 0.3) is 0 Å². The summed E-state index contributed by atoms with van der Waals surface area (Å²) in [5.41, 5.74) is 10.3. The number of carbonyl (C=O) groups excluding carboxylic acids is 1. The molecule has 1 amide bonds. The van der Waals surface area contributed by atoms with Crippen LogP contribution in [0.1, 0.15) is 10.5 Å². The van der Waals surface area contributed by atoms with Crippen LogP contribution in [0.15, 0.2) is 16.0 Å². The summed E-state index contributed by atoms with van der Waals surface area (Å²) >= 11 is 0.855. The maximum Gasteiger partial charge on any atom is 0.321 e. The number of carboxylic acid groups (broad SMARTS) is 1. The number of carbonyl (C=O) groups is 2. The van der Waals surface area contributed by atoms with E-state index in [1.165, 1.54) is 6.33 Å². The summed E-state index contributed by atoms with van der Waals surface area (Å²) < 4.78 is 3.59. The molecule has 92 valence electrons. The number of hydrogen-bond acceptors (Lipinski definition) is 7. The molecule has 0 aliphatic heterocycles. The summed E-state index contributed by atoms with van der Waals surface area (Å²) in [6.07, 6.45) is 1.25. The van der Waals surface area contributed by atoms with Gasteiger partial charge < -0.3 is 21.6 Å². The van der Waals surface area contributed by atoms with Crippen LogP contribution in [0.5, 0.6) is 0 Å². The van der Waals surface area contributed by atoms with E-state index in [1.807, 2.05) is 0 Å². The second-order valence-corrected chi connectivity index (χ2v) is 3.64. The van der Waals surface area contributed by atoms with Crippen molar-refractivity contribution >= 4 is 29.6 Å². The molecular formula is C7H10N6O3S. The number of nitrogens with zero attached hydrogens (tertiary/aromatic N) is 3. The SMILES string of the molecule is NC(=O)c1[nH]cnc1/N=N/SCC(N)C(=O)O. The van der Waals surface area contributed by atoms with Crippen molar-refractivity contribution in [1.82, 2.24) is 9.97 Å². The number of primary amides is 1. The molecule has 17 heavy (non-hydrogen) atoms. The Bertz CT molecular complexity index is 445. The normalized spacial score (nSPS) is 12.8. The van der Waals surface area contributed by atoms with E-state index >= 15 is 0 Å². The molecule has 0 radical (unpaired) electrons. The van der Waals surface area contributed by atoms with Gasteiger partial charge in [0, 0.05) is 5.75 Å². The molecule has 0 aromatic carbocycles. The van der Waals surface area contributed by atoms with Crippen LogP contribution < -0.4 is 11.5 Å². The average Bonchev–Trinajstić information content (AvgIpc) is 2.72. The second-order valence-electron chi connectivity index (χ2n) is 2.89. The van der Waals surface area contributed by atoms with Crippen molar-refractivity contribution in [2.75, 3.05) is 5.75 Å². The first-order valence-corrected chi connectivity index (χ1v) is 5.31. The lowest BCUT2D eigenvalue weighted by atomic mass is 10.4. The van der Waals surface area contributed by atoms with Crippen LogP contribution in [-0.2, 0) is 4.79 Å². The molecule has 1 heterocycles. The van der Waals surface area contributed by atoms with Crippen LogP contribution in [0.4, 0.5) is 5.82 Å². The summed E-state index contributed by atoms with van der Waals surface area (Å²) in [6.45, 7) is 0. The summed E-state index contributed by atoms with van der Waals surface area (Å²) in [6, 6.07) is -1.02. The van der Waals surface area contributed by atoms with Gasteiger partial charge in [0.25, 0.3) is 5.91 Å². The van der Waals surface area contributed by atoms with Crippen LogP contribution >= 0.6 is 11.9 Å². The molecule has 9 nitrogen and oxygen atoms in total. The minimum Gasteiger partial charge on any atom is -0.480 e. The Balaban J connectivity index is 2.51. The summed E-state index contributed by atoms with van der Waals surface area (Å²) in [7, 11) is 0. The van der Waals surface area contributed by atoms with Gasteiger partial charge >= 0.3 is 5.97 Å². The van der Waals surface area contributed by atoms with Gasteiger partial charge in [-0.15, -0.1) is 9.63 Å². The maximum absolute atomic E-state index is 10.9. The zero-order chi connectivity index (χ0) is 12.8. The van der Waals surface area contributed by atoms with Crippen molar-refractivity contribution in [3.05, 3.63) is 12.0 Å². The minimum atomic E-state index is -1.12. The van der Waals surface area contributed by atoms with Gasteiger partial charge in [-0.2, -0.15) is 0 Å². The van der Waals surface area contributed by atoms with E-state index in [-0.39, 0.29) is 17.3 Å². The highest BCUT2D eigenvalue weighted by Crippen LogP contribution is 2.16. The number of imidazole rings is 1. The molecular weight excluding hydrogens is 248 g/mol. The molecule has 1 rings (SSSR count). The van der Waals surface area contributed by atoms with Gasteiger partial charge in [-0.25, -0.2) is 4.98 Å². The van der Waals surface area contributed by atoms with Crippen molar-refractivity contribution in [1.29, 1.82) is 0 Å². The smallest absolute Gasteiger partial charge is 0.321 e. The molecule has 0 aliphatic carbocycles. The van der Waals surface area contributed by atoms with Gasteiger partial charge in [0.1, 0.15) is 6.04 Å². The molecule has 0 fully saturated rings. The van der Waals surface area contributed by atoms with Gasteiger partial charge in [0.05, 0.1) is 6.33 Å². The van der Waals surface area contributed by atoms with E-state index in [0.29, 0.717) is 0 Å². The molecule has 10 heteroatoms. The molecule has 1 aromatic rings. The standard InChI is InChI=1S/C7H10N6O3S/c8-3(7(15)16)1-17-13-12-6-4(5(9)14)10-2-11-6/h2-3H,1,8H2,(H2,9,14)(H,10,11)(H,15,16)/b13-12+. The first-order valence-electron chi connectivity index (χ1n) is 4.37. The number of carboxylic acids is 1. The lowest BCUT2D eigenvalue weighted by molar-refractivity contribution is -0.137. The molecule has 1 unspecified atom stereocenters. The lowest BCUT2D eigenvalue weighted by Gasteiger charge is -2.00. The number of nitrogens with one attached hydrogen (secondary N) is 1. The van der Waals surface area contributed by atoms with Crippen molar-refractivity contribution in [2.45, 2.75) is 6.04 Å². The quantitative estimate of drug-likeness (QED) is 0.403. The van der Waals surface area contributed by atoms with Gasteiger partial charge in [-0.3, -0.25) is 9.59 Å². The fraction of sp³-hybridized carbons (Fsp3) is 0.286. The van der Waals surface area contributed by atoms with Crippen LogP contribution in [0.2, 0.25) is 0 Å². The molecule has 1 atom stereocenters. The van der Waals surface area contributed by atoms with Crippen molar-refractivity contribution in [3.63, 3.8) is 0 Å². The van der Waals surface area contributed by atoms with E-state index in [1.54, 1.807) is 0 Å². The van der Waals surface area contributed by atoms with E-state index in [2.05, 4.69) is 19.6 Å². The number of nitrogens with two attached hydrogens (primary N) is 2. The Kier molecular flexibility index (Phi) is 4.60. The van der Waals surface area contributed by atoms with Crippen LogP contribution in [0.3, 0.4) is 0 Å². The molecule has 0 saturated heterocycles. The van der Waals surface area contributed by atoms with Crippen molar-refractivity contribution in [3.8, 4) is 0 Å². The third-order valence-electron chi connectivity index (χ3n) is 1.63. The van der Waals surface area contributed by atoms with Gasteiger partial charge in [0.15, 0.2) is 5.69 Å². The molecule has 1 aromatic heterocycles. The Morgan fingerprint density at radius 1 is 1.65 bits per heavy atom. The van der Waals surface area contributed by atoms with Crippen molar-refractivity contribution in [2.24, 2.45) is 21.1 Å². The zero-order valence-corrected chi connectivity index (χ0v) is 9.35. The van der Waals surface area contributed by atoms with Gasteiger partial charge in [-0.05, 0) is 11.9 Å². The number of amides is 1. The molecule has 0 spiro atoms. The Labute approximate surface area is 99.8 Å². The highest BCUT2D eigenvalue weighted by molar-refractivity contribution is 7.97. The Hall–Kier alpha value is -1.94. The molecule has 0 saturated carbocycles. The largest absolute Gasteiger partial charge is 0.480 e. The Morgan fingerprint density at radius 3 is 2.94 bits per heavy atom. The maximum atomic E-state index is 10.9. The third-order valence-corrected chi connectivity index (χ3v) is 2.34. The zero-order valence-electron chi connectivity index (χ0n) is 8.53. The van der Waals surface area contributed by atoms with Crippen molar-refractivity contribution < 1.29 is 14.7 Å². The Morgan fingerprint density at radius 2 is 2.35 bits per heavy atom. The first-order chi connectivity index (χ1) is 8.02. The number of rotatable bonds is 6. The predicted octanol–water partition coefficient (Wildman–Crippen LogP) is -0.348. The van der Waals surface area contributed by atoms with Crippen LogP contribution in [0, 0.1) is 0 Å². The van der Waals surface area contributed by atoms with Crippen LogP contribution in [-0.4, -0.2) is 38.7 Å². The molecule has 0 aliphatic rings. The summed E-state index contributed by atoms with van der Waals surface area (Å²) in [4.78, 5) is 27.5. The number of aromatic amines is 1. The predicted molar refractivity (Wildman–Crippen MR) is 59.7 cm³/mol. The van der Waals surface area contributed by atoms with E-state index in [9.17, 15) is 9.59 Å². The van der Waals surface area contributed by atoms with E-state index < -0.39 is 17.9 Å². The highest BCUT2D eigenvalue weighted by Gasteiger charge is 2.12. The molecule has 0 bridgehead atoms. The van der Waals surface area contributed by atoms with E-state index in [0.717, 1.165) is 11.9 Å². The second kappa shape index (κ2) is 5.96. The minimum absolute atomic E-state index is 0.0388. The first kappa shape index (κ1) is 13.1. The number of hydrogen-bond donors (Lipinski definition) is 4. The topological polar surface area (TPSA) is 160 Å². The summed E-state index contributed by atoms with van der Waals surface area (Å²) in [5.74, 6) is -1.71. The molecule has 6 N–H and O–H groups in total. The number of aliphatic carboxylic acids is 1. The number of aromatic nitrogens is 2. The van der Waals surface area contributed by atoms with Gasteiger partial charge in [-0.1, -0.05) is 0 Å². The number of H-pyrrole nitrogens is 1. The van der Waals surface area contributed by atoms with E-state index in [4.69, 9.17) is 16.6 Å². The monoisotopic (exact) mass is 258 g/mol. The highest BCUT2D eigenvalue weighted by atomic mass is 32.2.